The first-order chi connectivity index (χ1) is 8.63. The summed E-state index contributed by atoms with van der Waals surface area (Å²) >= 11 is 0. The Morgan fingerprint density at radius 1 is 1.06 bits per heavy atom. The van der Waals surface area contributed by atoms with E-state index in [1.807, 2.05) is 0 Å². The van der Waals surface area contributed by atoms with Crippen molar-refractivity contribution >= 4 is 11.9 Å². The molecule has 3 fully saturated rings. The molecule has 18 heavy (non-hydrogen) atoms. The highest BCUT2D eigenvalue weighted by molar-refractivity contribution is 5.77. The van der Waals surface area contributed by atoms with Crippen LogP contribution in [0.3, 0.4) is 0 Å². The van der Waals surface area contributed by atoms with Crippen LogP contribution in [0.25, 0.3) is 0 Å². The number of carboxylic acid groups (broad SMARTS) is 1. The lowest BCUT2D eigenvalue weighted by Crippen LogP contribution is -2.45. The van der Waals surface area contributed by atoms with Crippen molar-refractivity contribution in [1.29, 1.82) is 0 Å². The second-order valence-corrected chi connectivity index (χ2v) is 6.28. The van der Waals surface area contributed by atoms with Crippen LogP contribution in [0.2, 0.25) is 0 Å². The second kappa shape index (κ2) is 4.56. The number of hydrogen-bond donors (Lipinski definition) is 1. The molecular formula is C14H20O4. The Kier molecular flexibility index (Phi) is 3.04. The average Bonchev–Trinajstić information content (AvgIpc) is 2.32. The Morgan fingerprint density at radius 2 is 1.83 bits per heavy atom. The lowest BCUT2D eigenvalue weighted by atomic mass is 9.54. The van der Waals surface area contributed by atoms with Gasteiger partial charge in [-0.2, -0.15) is 0 Å². The van der Waals surface area contributed by atoms with Crippen LogP contribution in [0.5, 0.6) is 0 Å². The molecule has 4 heteroatoms. The first-order valence-corrected chi connectivity index (χ1v) is 7.02. The lowest BCUT2D eigenvalue weighted by molar-refractivity contribution is -0.164. The molecule has 3 saturated carbocycles. The van der Waals surface area contributed by atoms with Crippen LogP contribution in [0.4, 0.5) is 0 Å². The smallest absolute Gasteiger partial charge is 0.341 e. The first kappa shape index (κ1) is 12.0. The molecule has 5 atom stereocenters. The van der Waals surface area contributed by atoms with E-state index in [9.17, 15) is 9.59 Å². The topological polar surface area (TPSA) is 63.6 Å². The molecule has 3 bridgehead atoms. The van der Waals surface area contributed by atoms with Crippen molar-refractivity contribution in [1.82, 2.24) is 0 Å². The molecule has 0 aliphatic heterocycles. The number of esters is 1. The summed E-state index contributed by atoms with van der Waals surface area (Å²) in [5.41, 5.74) is 0. The second-order valence-electron chi connectivity index (χ2n) is 6.28. The van der Waals surface area contributed by atoms with E-state index in [1.165, 1.54) is 25.7 Å². The maximum Gasteiger partial charge on any atom is 0.341 e. The van der Waals surface area contributed by atoms with E-state index in [-0.39, 0.29) is 11.9 Å². The van der Waals surface area contributed by atoms with Gasteiger partial charge in [-0.05, 0) is 55.8 Å². The molecule has 100 valence electrons. The Bertz CT molecular complexity index is 359. The normalized spacial score (nSPS) is 41.4. The summed E-state index contributed by atoms with van der Waals surface area (Å²) in [5.74, 6) is 1.35. The summed E-state index contributed by atoms with van der Waals surface area (Å²) in [5, 5.41) is 8.58. The maximum absolute atomic E-state index is 12.0. The van der Waals surface area contributed by atoms with E-state index in [4.69, 9.17) is 9.84 Å². The van der Waals surface area contributed by atoms with Crippen LogP contribution in [-0.2, 0) is 14.3 Å². The van der Waals surface area contributed by atoms with Gasteiger partial charge in [0.1, 0.15) is 0 Å². The van der Waals surface area contributed by atoms with Gasteiger partial charge in [-0.1, -0.05) is 6.42 Å². The van der Waals surface area contributed by atoms with Crippen molar-refractivity contribution in [3.8, 4) is 0 Å². The number of carbonyl (C=O) groups is 2. The highest BCUT2D eigenvalue weighted by atomic mass is 16.5. The molecule has 0 spiro atoms. The molecule has 5 unspecified atom stereocenters. The van der Waals surface area contributed by atoms with Crippen molar-refractivity contribution in [3.05, 3.63) is 0 Å². The van der Waals surface area contributed by atoms with Gasteiger partial charge in [0.25, 0.3) is 0 Å². The summed E-state index contributed by atoms with van der Waals surface area (Å²) in [4.78, 5) is 22.5. The number of rotatable bonds is 3. The van der Waals surface area contributed by atoms with Crippen LogP contribution in [0.15, 0.2) is 0 Å². The van der Waals surface area contributed by atoms with Crippen LogP contribution >= 0.6 is 0 Å². The Morgan fingerprint density at radius 3 is 2.61 bits per heavy atom. The molecule has 3 aliphatic carbocycles. The monoisotopic (exact) mass is 252 g/mol. The van der Waals surface area contributed by atoms with Gasteiger partial charge in [-0.3, -0.25) is 4.79 Å². The lowest BCUT2D eigenvalue weighted by Gasteiger charge is -2.51. The molecule has 3 aliphatic rings. The highest BCUT2D eigenvalue weighted by Crippen LogP contribution is 2.54. The third-order valence-corrected chi connectivity index (χ3v) is 5.20. The first-order valence-electron chi connectivity index (χ1n) is 7.02. The number of hydrogen-bond acceptors (Lipinski definition) is 3. The van der Waals surface area contributed by atoms with Crippen molar-refractivity contribution in [2.45, 2.75) is 38.5 Å². The van der Waals surface area contributed by atoms with Gasteiger partial charge in [0.2, 0.25) is 0 Å². The molecule has 0 aromatic heterocycles. The predicted molar refractivity (Wildman–Crippen MR) is 63.7 cm³/mol. The molecule has 0 aromatic rings. The minimum atomic E-state index is -1.07. The van der Waals surface area contributed by atoms with Crippen molar-refractivity contribution in [2.24, 2.45) is 29.6 Å². The number of aliphatic carboxylic acids is 1. The molecule has 0 amide bonds. The Labute approximate surface area is 107 Å². The van der Waals surface area contributed by atoms with Crippen molar-refractivity contribution in [2.75, 3.05) is 6.61 Å². The molecule has 4 nitrogen and oxygen atoms in total. The van der Waals surface area contributed by atoms with E-state index in [0.29, 0.717) is 17.8 Å². The van der Waals surface area contributed by atoms with Gasteiger partial charge in [0, 0.05) is 0 Å². The van der Waals surface area contributed by atoms with E-state index < -0.39 is 12.6 Å². The standard InChI is InChI=1S/C14H20O4/c15-13(16)7-18-14(17)12-6-9-3-8-1-2-11(12)10(4-8)5-9/h8-12H,1-7H2,(H,15,16). The third kappa shape index (κ3) is 2.13. The summed E-state index contributed by atoms with van der Waals surface area (Å²) < 4.78 is 4.92. The largest absolute Gasteiger partial charge is 0.479 e. The van der Waals surface area contributed by atoms with Gasteiger partial charge in [0.15, 0.2) is 6.61 Å². The van der Waals surface area contributed by atoms with Gasteiger partial charge < -0.3 is 9.84 Å². The third-order valence-electron chi connectivity index (χ3n) is 5.20. The SMILES string of the molecule is O=C(O)COC(=O)C1CC2CC3CCC1C(C3)C2. The fourth-order valence-electron chi connectivity index (χ4n) is 4.63. The minimum Gasteiger partial charge on any atom is -0.479 e. The highest BCUT2D eigenvalue weighted by Gasteiger charge is 2.48. The summed E-state index contributed by atoms with van der Waals surface area (Å²) in [6.45, 7) is -0.486. The van der Waals surface area contributed by atoms with Crippen LogP contribution in [0, 0.1) is 29.6 Å². The zero-order valence-corrected chi connectivity index (χ0v) is 10.5. The minimum absolute atomic E-state index is 0.0330. The van der Waals surface area contributed by atoms with E-state index >= 15 is 0 Å². The van der Waals surface area contributed by atoms with Gasteiger partial charge >= 0.3 is 11.9 Å². The molecule has 1 N–H and O–H groups in total. The van der Waals surface area contributed by atoms with Gasteiger partial charge in [-0.25, -0.2) is 4.79 Å². The van der Waals surface area contributed by atoms with Crippen LogP contribution in [0.1, 0.15) is 38.5 Å². The zero-order chi connectivity index (χ0) is 12.7. The number of carbonyl (C=O) groups excluding carboxylic acids is 1. The molecule has 3 rings (SSSR count). The quantitative estimate of drug-likeness (QED) is 0.781. The molecular weight excluding hydrogens is 232 g/mol. The predicted octanol–water partition coefficient (Wildman–Crippen LogP) is 2.08. The molecule has 0 aromatic carbocycles. The van der Waals surface area contributed by atoms with E-state index in [2.05, 4.69) is 0 Å². The van der Waals surface area contributed by atoms with Crippen molar-refractivity contribution < 1.29 is 19.4 Å². The van der Waals surface area contributed by atoms with Crippen molar-refractivity contribution in [3.63, 3.8) is 0 Å². The fourth-order valence-corrected chi connectivity index (χ4v) is 4.63. The summed E-state index contributed by atoms with van der Waals surface area (Å²) in [7, 11) is 0. The van der Waals surface area contributed by atoms with Crippen LogP contribution in [-0.4, -0.2) is 23.7 Å². The number of ether oxygens (including phenoxy) is 1. The fraction of sp³-hybridized carbons (Fsp3) is 0.857. The Balaban J connectivity index is 1.68. The zero-order valence-electron chi connectivity index (χ0n) is 10.5. The van der Waals surface area contributed by atoms with Gasteiger partial charge in [0.05, 0.1) is 5.92 Å². The van der Waals surface area contributed by atoms with E-state index in [1.54, 1.807) is 0 Å². The summed E-state index contributed by atoms with van der Waals surface area (Å²) in [6.07, 6.45) is 7.14. The van der Waals surface area contributed by atoms with Gasteiger partial charge in [-0.15, -0.1) is 0 Å². The average molecular weight is 252 g/mol. The summed E-state index contributed by atoms with van der Waals surface area (Å²) in [6, 6.07) is 0. The molecule has 0 radical (unpaired) electrons. The maximum atomic E-state index is 12.0. The number of carboxylic acids is 1. The Hall–Kier alpha value is -1.06. The number of fused-ring (bicyclic) bond motifs is 2. The van der Waals surface area contributed by atoms with E-state index in [0.717, 1.165) is 18.8 Å². The van der Waals surface area contributed by atoms with Crippen LogP contribution < -0.4 is 0 Å². The molecule has 0 saturated heterocycles. The molecule has 0 heterocycles.